The lowest BCUT2D eigenvalue weighted by molar-refractivity contribution is -0.389. The molecular weight excluding hydrogens is 266 g/mol. The third kappa shape index (κ3) is 2.94. The van der Waals surface area contributed by atoms with Crippen LogP contribution in [-0.2, 0) is 4.79 Å². The highest BCUT2D eigenvalue weighted by Crippen LogP contribution is 2.23. The van der Waals surface area contributed by atoms with Crippen molar-refractivity contribution in [3.63, 3.8) is 0 Å². The van der Waals surface area contributed by atoms with E-state index >= 15 is 0 Å². The molecule has 0 saturated heterocycles. The molecule has 10 heteroatoms. The van der Waals surface area contributed by atoms with Crippen LogP contribution in [-0.4, -0.2) is 33.7 Å². The van der Waals surface area contributed by atoms with Gasteiger partial charge in [-0.05, 0) is 11.8 Å². The normalized spacial score (nSPS) is 11.7. The third-order valence-electron chi connectivity index (χ3n) is 2.08. The van der Waals surface area contributed by atoms with Gasteiger partial charge in [-0.2, -0.15) is 4.68 Å². The van der Waals surface area contributed by atoms with Gasteiger partial charge in [0.15, 0.2) is 5.02 Å². The van der Waals surface area contributed by atoms with Crippen LogP contribution in [0.1, 0.15) is 13.0 Å². The predicted molar refractivity (Wildman–Crippen MR) is 61.2 cm³/mol. The molecule has 2 N–H and O–H groups in total. The van der Waals surface area contributed by atoms with E-state index in [2.05, 4.69) is 10.4 Å². The van der Waals surface area contributed by atoms with E-state index in [0.717, 1.165) is 10.9 Å². The highest BCUT2D eigenvalue weighted by Gasteiger charge is 2.26. The summed E-state index contributed by atoms with van der Waals surface area (Å²) in [6.07, 6.45) is 1.15. The first-order valence-corrected chi connectivity index (χ1v) is 5.16. The molecule has 0 spiro atoms. The van der Waals surface area contributed by atoms with Gasteiger partial charge in [0, 0.05) is 7.05 Å². The van der Waals surface area contributed by atoms with E-state index in [4.69, 9.17) is 11.6 Å². The van der Waals surface area contributed by atoms with Crippen LogP contribution in [0.4, 0.5) is 10.6 Å². The SMILES string of the molecule is CNC(=O)NC(=O)C(C)n1cc(Cl)c([N+](=O)[O-])n1. The maximum Gasteiger partial charge on any atom is 0.408 e. The van der Waals surface area contributed by atoms with Crippen molar-refractivity contribution in [1.29, 1.82) is 0 Å². The first-order valence-electron chi connectivity index (χ1n) is 4.78. The smallest absolute Gasteiger partial charge is 0.358 e. The first-order chi connectivity index (χ1) is 8.36. The number of halogens is 1. The van der Waals surface area contributed by atoms with Gasteiger partial charge in [-0.15, -0.1) is 0 Å². The summed E-state index contributed by atoms with van der Waals surface area (Å²) in [6.45, 7) is 1.42. The Morgan fingerprint density at radius 3 is 2.67 bits per heavy atom. The van der Waals surface area contributed by atoms with Crippen LogP contribution in [0.25, 0.3) is 0 Å². The molecule has 1 atom stereocenters. The number of nitrogens with zero attached hydrogens (tertiary/aromatic N) is 3. The Balaban J connectivity index is 2.87. The molecule has 0 aromatic carbocycles. The number of imide groups is 1. The molecular formula is C8H10ClN5O4. The Hall–Kier alpha value is -2.16. The number of carbonyl (C=O) groups excluding carboxylic acids is 2. The van der Waals surface area contributed by atoms with Gasteiger partial charge >= 0.3 is 11.8 Å². The van der Waals surface area contributed by atoms with Crippen molar-refractivity contribution in [3.05, 3.63) is 21.3 Å². The molecule has 1 rings (SSSR count). The highest BCUT2D eigenvalue weighted by atomic mass is 35.5. The lowest BCUT2D eigenvalue weighted by Crippen LogP contribution is -2.40. The molecule has 0 aliphatic rings. The summed E-state index contributed by atoms with van der Waals surface area (Å²) in [4.78, 5) is 32.3. The number of nitro groups is 1. The standard InChI is InChI=1S/C8H10ClN5O4/c1-4(7(15)11-8(16)10-2)13-3-5(9)6(12-13)14(17)18/h3-4H,1-2H3,(H2,10,11,15,16). The third-order valence-corrected chi connectivity index (χ3v) is 2.35. The van der Waals surface area contributed by atoms with Gasteiger partial charge in [0.1, 0.15) is 6.04 Å². The van der Waals surface area contributed by atoms with E-state index in [1.165, 1.54) is 14.0 Å². The van der Waals surface area contributed by atoms with Crippen molar-refractivity contribution in [1.82, 2.24) is 20.4 Å². The Morgan fingerprint density at radius 2 is 2.22 bits per heavy atom. The number of hydrogen-bond donors (Lipinski definition) is 2. The lowest BCUT2D eigenvalue weighted by atomic mass is 10.3. The first kappa shape index (κ1) is 13.9. The average molecular weight is 276 g/mol. The zero-order valence-electron chi connectivity index (χ0n) is 9.51. The van der Waals surface area contributed by atoms with Gasteiger partial charge in [-0.1, -0.05) is 11.6 Å². The molecule has 0 aliphatic heterocycles. The lowest BCUT2D eigenvalue weighted by Gasteiger charge is -2.08. The quantitative estimate of drug-likeness (QED) is 0.613. The molecule has 0 radical (unpaired) electrons. The highest BCUT2D eigenvalue weighted by molar-refractivity contribution is 6.32. The molecule has 18 heavy (non-hydrogen) atoms. The van der Waals surface area contributed by atoms with Gasteiger partial charge in [0.25, 0.3) is 5.91 Å². The Bertz CT molecular complexity index is 500. The molecule has 3 amide bonds. The van der Waals surface area contributed by atoms with Crippen LogP contribution in [0.5, 0.6) is 0 Å². The summed E-state index contributed by atoms with van der Waals surface area (Å²) < 4.78 is 1.01. The van der Waals surface area contributed by atoms with E-state index in [1.54, 1.807) is 0 Å². The topological polar surface area (TPSA) is 119 Å². The van der Waals surface area contributed by atoms with Crippen LogP contribution < -0.4 is 10.6 Å². The fourth-order valence-electron chi connectivity index (χ4n) is 1.08. The molecule has 1 heterocycles. The largest absolute Gasteiger partial charge is 0.408 e. The predicted octanol–water partition coefficient (Wildman–Crippen LogP) is 0.461. The molecule has 98 valence electrons. The van der Waals surface area contributed by atoms with Gasteiger partial charge in [-0.25, -0.2) is 4.79 Å². The van der Waals surface area contributed by atoms with Crippen molar-refractivity contribution in [2.24, 2.45) is 0 Å². The van der Waals surface area contributed by atoms with E-state index in [0.29, 0.717) is 0 Å². The van der Waals surface area contributed by atoms with Crippen molar-refractivity contribution in [2.75, 3.05) is 7.05 Å². The fraction of sp³-hybridized carbons (Fsp3) is 0.375. The summed E-state index contributed by atoms with van der Waals surface area (Å²) in [6, 6.07) is -1.59. The number of rotatable bonds is 3. The van der Waals surface area contributed by atoms with Crippen molar-refractivity contribution >= 4 is 29.4 Å². The van der Waals surface area contributed by atoms with Crippen LogP contribution in [0.3, 0.4) is 0 Å². The van der Waals surface area contributed by atoms with E-state index in [-0.39, 0.29) is 5.02 Å². The second kappa shape index (κ2) is 5.45. The number of urea groups is 1. The molecule has 1 unspecified atom stereocenters. The molecule has 0 bridgehead atoms. The average Bonchev–Trinajstić information content (AvgIpc) is 2.70. The van der Waals surface area contributed by atoms with Crippen LogP contribution in [0.2, 0.25) is 5.02 Å². The second-order valence-corrected chi connectivity index (χ2v) is 3.69. The summed E-state index contributed by atoms with van der Waals surface area (Å²) in [5.41, 5.74) is 0. The van der Waals surface area contributed by atoms with E-state index in [1.807, 2.05) is 5.32 Å². The fourth-order valence-corrected chi connectivity index (χ4v) is 1.29. The monoisotopic (exact) mass is 275 g/mol. The van der Waals surface area contributed by atoms with Crippen molar-refractivity contribution < 1.29 is 14.5 Å². The number of carbonyl (C=O) groups is 2. The number of hydrogen-bond acceptors (Lipinski definition) is 5. The Kier molecular flexibility index (Phi) is 4.21. The number of aromatic nitrogens is 2. The molecule has 1 aromatic rings. The summed E-state index contributed by atoms with van der Waals surface area (Å²) >= 11 is 5.59. The summed E-state index contributed by atoms with van der Waals surface area (Å²) in [7, 11) is 1.35. The van der Waals surface area contributed by atoms with Gasteiger partial charge in [0.2, 0.25) is 0 Å². The van der Waals surface area contributed by atoms with E-state index in [9.17, 15) is 19.7 Å². The number of nitrogens with one attached hydrogen (secondary N) is 2. The van der Waals surface area contributed by atoms with Gasteiger partial charge < -0.3 is 15.4 Å². The number of amides is 3. The molecule has 0 aliphatic carbocycles. The molecule has 1 aromatic heterocycles. The van der Waals surface area contributed by atoms with E-state index < -0.39 is 28.7 Å². The Morgan fingerprint density at radius 1 is 1.61 bits per heavy atom. The second-order valence-electron chi connectivity index (χ2n) is 3.28. The molecule has 9 nitrogen and oxygen atoms in total. The summed E-state index contributed by atoms with van der Waals surface area (Å²) in [5.74, 6) is -1.21. The minimum Gasteiger partial charge on any atom is -0.358 e. The zero-order chi connectivity index (χ0) is 13.9. The van der Waals surface area contributed by atoms with Crippen LogP contribution in [0.15, 0.2) is 6.20 Å². The van der Waals surface area contributed by atoms with Gasteiger partial charge in [-0.3, -0.25) is 10.1 Å². The van der Waals surface area contributed by atoms with Gasteiger partial charge in [0.05, 0.1) is 11.3 Å². The Labute approximate surface area is 106 Å². The molecule has 0 fully saturated rings. The minimum absolute atomic E-state index is 0.181. The molecule has 0 saturated carbocycles. The van der Waals surface area contributed by atoms with Crippen molar-refractivity contribution in [2.45, 2.75) is 13.0 Å². The maximum absolute atomic E-state index is 11.6. The van der Waals surface area contributed by atoms with Crippen molar-refractivity contribution in [3.8, 4) is 0 Å². The summed E-state index contributed by atoms with van der Waals surface area (Å²) in [5, 5.41) is 18.1. The van der Waals surface area contributed by atoms with Crippen LogP contribution in [0, 0.1) is 10.1 Å². The minimum atomic E-state index is -0.909. The zero-order valence-corrected chi connectivity index (χ0v) is 10.3. The van der Waals surface area contributed by atoms with Crippen LogP contribution >= 0.6 is 11.6 Å². The maximum atomic E-state index is 11.6.